The van der Waals surface area contributed by atoms with Gasteiger partial charge in [-0.05, 0) is 25.2 Å². The third-order valence-corrected chi connectivity index (χ3v) is 4.58. The number of likely N-dealkylation sites (tertiary alicyclic amines) is 1. The van der Waals surface area contributed by atoms with Crippen molar-refractivity contribution in [2.45, 2.75) is 53.0 Å². The molecule has 0 spiro atoms. The number of hydrogen-bond acceptors (Lipinski definition) is 3. The first-order valence-corrected chi connectivity index (χ1v) is 8.78. The van der Waals surface area contributed by atoms with Gasteiger partial charge in [-0.1, -0.05) is 27.7 Å². The van der Waals surface area contributed by atoms with Crippen molar-refractivity contribution in [3.05, 3.63) is 18.0 Å². The molecule has 6 heteroatoms. The summed E-state index contributed by atoms with van der Waals surface area (Å²) >= 11 is 0. The molecule has 134 valence electrons. The molecule has 2 rings (SSSR count). The number of rotatable bonds is 5. The summed E-state index contributed by atoms with van der Waals surface area (Å²) in [6, 6.07) is 0.120. The maximum atomic E-state index is 12.7. The number of piperidine rings is 1. The van der Waals surface area contributed by atoms with Crippen molar-refractivity contribution < 1.29 is 9.59 Å². The first-order chi connectivity index (χ1) is 11.2. The second-order valence-corrected chi connectivity index (χ2v) is 7.92. The van der Waals surface area contributed by atoms with E-state index >= 15 is 0 Å². The molecule has 1 saturated heterocycles. The highest BCUT2D eigenvalue weighted by Gasteiger charge is 2.34. The first kappa shape index (κ1) is 18.5. The lowest BCUT2D eigenvalue weighted by Crippen LogP contribution is -2.50. The Hall–Kier alpha value is -1.85. The van der Waals surface area contributed by atoms with Crippen molar-refractivity contribution in [2.75, 3.05) is 13.1 Å². The summed E-state index contributed by atoms with van der Waals surface area (Å²) in [6.45, 7) is 9.78. The van der Waals surface area contributed by atoms with Crippen LogP contribution in [0.3, 0.4) is 0 Å². The number of amides is 2. The lowest BCUT2D eigenvalue weighted by molar-refractivity contribution is -0.142. The Morgan fingerprint density at radius 2 is 1.96 bits per heavy atom. The van der Waals surface area contributed by atoms with Crippen LogP contribution in [0.1, 0.15) is 57.3 Å². The van der Waals surface area contributed by atoms with Gasteiger partial charge >= 0.3 is 0 Å². The minimum atomic E-state index is -0.319. The molecule has 0 saturated carbocycles. The number of aromatic nitrogens is 2. The largest absolute Gasteiger partial charge is 0.349 e. The standard InChI is InChI=1S/C18H30N4O2/c1-13(2)10-18(3,4)17(24)22-8-6-15(7-9-22)20-16(23)14-11-19-21(5)12-14/h11-13,15H,6-10H2,1-5H3,(H,20,23). The predicted octanol–water partition coefficient (Wildman–Crippen LogP) is 2.21. The predicted molar refractivity (Wildman–Crippen MR) is 93.5 cm³/mol. The fourth-order valence-corrected chi connectivity index (χ4v) is 3.57. The van der Waals surface area contributed by atoms with E-state index in [0.29, 0.717) is 24.6 Å². The highest BCUT2D eigenvalue weighted by atomic mass is 16.2. The van der Waals surface area contributed by atoms with Gasteiger partial charge in [-0.2, -0.15) is 5.10 Å². The van der Waals surface area contributed by atoms with Gasteiger partial charge in [0.2, 0.25) is 5.91 Å². The first-order valence-electron chi connectivity index (χ1n) is 8.78. The van der Waals surface area contributed by atoms with Crippen LogP contribution in [0.5, 0.6) is 0 Å². The van der Waals surface area contributed by atoms with Gasteiger partial charge in [0.25, 0.3) is 5.91 Å². The summed E-state index contributed by atoms with van der Waals surface area (Å²) in [5, 5.41) is 7.07. The molecule has 1 aliphatic rings. The van der Waals surface area contributed by atoms with Crippen molar-refractivity contribution in [3.8, 4) is 0 Å². The number of carbonyl (C=O) groups excluding carboxylic acids is 2. The van der Waals surface area contributed by atoms with Crippen molar-refractivity contribution in [2.24, 2.45) is 18.4 Å². The van der Waals surface area contributed by atoms with Crippen molar-refractivity contribution in [3.63, 3.8) is 0 Å². The molecular weight excluding hydrogens is 304 g/mol. The molecule has 0 radical (unpaired) electrons. The molecule has 2 amide bonds. The zero-order valence-electron chi connectivity index (χ0n) is 15.5. The Kier molecular flexibility index (Phi) is 5.67. The Balaban J connectivity index is 1.85. The third kappa shape index (κ3) is 4.58. The Morgan fingerprint density at radius 1 is 1.33 bits per heavy atom. The minimum absolute atomic E-state index is 0.0898. The minimum Gasteiger partial charge on any atom is -0.349 e. The van der Waals surface area contributed by atoms with Crippen LogP contribution in [-0.4, -0.2) is 45.6 Å². The van der Waals surface area contributed by atoms with Crippen LogP contribution in [-0.2, 0) is 11.8 Å². The molecule has 1 aliphatic heterocycles. The zero-order valence-corrected chi connectivity index (χ0v) is 15.5. The summed E-state index contributed by atoms with van der Waals surface area (Å²) in [6.07, 6.45) is 5.78. The highest BCUT2D eigenvalue weighted by Crippen LogP contribution is 2.29. The van der Waals surface area contributed by atoms with E-state index in [2.05, 4.69) is 24.3 Å². The van der Waals surface area contributed by atoms with Crippen molar-refractivity contribution in [1.29, 1.82) is 0 Å². The third-order valence-electron chi connectivity index (χ3n) is 4.58. The molecule has 0 unspecified atom stereocenters. The van der Waals surface area contributed by atoms with E-state index in [9.17, 15) is 9.59 Å². The van der Waals surface area contributed by atoms with Gasteiger partial charge < -0.3 is 10.2 Å². The van der Waals surface area contributed by atoms with Crippen LogP contribution < -0.4 is 5.32 Å². The van der Waals surface area contributed by atoms with E-state index in [1.165, 1.54) is 0 Å². The number of nitrogens with one attached hydrogen (secondary N) is 1. The Labute approximate surface area is 144 Å². The van der Waals surface area contributed by atoms with E-state index in [-0.39, 0.29) is 23.3 Å². The quantitative estimate of drug-likeness (QED) is 0.898. The number of aryl methyl sites for hydroxylation is 1. The van der Waals surface area contributed by atoms with E-state index in [1.54, 1.807) is 24.1 Å². The molecule has 6 nitrogen and oxygen atoms in total. The topological polar surface area (TPSA) is 67.2 Å². The summed E-state index contributed by atoms with van der Waals surface area (Å²) in [5.41, 5.74) is 0.258. The van der Waals surface area contributed by atoms with Crippen LogP contribution in [0.2, 0.25) is 0 Å². The van der Waals surface area contributed by atoms with Gasteiger partial charge in [0.1, 0.15) is 0 Å². The normalized spacial score (nSPS) is 16.5. The second kappa shape index (κ2) is 7.36. The van der Waals surface area contributed by atoms with Crippen LogP contribution in [0.25, 0.3) is 0 Å². The van der Waals surface area contributed by atoms with Gasteiger partial charge in [-0.3, -0.25) is 14.3 Å². The van der Waals surface area contributed by atoms with E-state index < -0.39 is 0 Å². The van der Waals surface area contributed by atoms with Crippen molar-refractivity contribution >= 4 is 11.8 Å². The molecule has 0 aliphatic carbocycles. The van der Waals surface area contributed by atoms with Crippen LogP contribution in [0.15, 0.2) is 12.4 Å². The average Bonchev–Trinajstić information content (AvgIpc) is 2.93. The molecule has 1 N–H and O–H groups in total. The maximum Gasteiger partial charge on any atom is 0.254 e. The fourth-order valence-electron chi connectivity index (χ4n) is 3.57. The zero-order chi connectivity index (χ0) is 17.9. The summed E-state index contributed by atoms with van der Waals surface area (Å²) in [4.78, 5) is 26.9. The monoisotopic (exact) mass is 334 g/mol. The molecule has 1 aromatic heterocycles. The molecule has 24 heavy (non-hydrogen) atoms. The van der Waals surface area contributed by atoms with E-state index in [0.717, 1.165) is 19.3 Å². The molecule has 0 aromatic carbocycles. The molecule has 0 atom stereocenters. The lowest BCUT2D eigenvalue weighted by atomic mass is 9.82. The summed E-state index contributed by atoms with van der Waals surface area (Å²) < 4.78 is 1.62. The molecule has 0 bridgehead atoms. The SMILES string of the molecule is CC(C)CC(C)(C)C(=O)N1CCC(NC(=O)c2cnn(C)c2)CC1. The van der Waals surface area contributed by atoms with E-state index in [1.807, 2.05) is 18.7 Å². The molecule has 2 heterocycles. The second-order valence-electron chi connectivity index (χ2n) is 7.92. The number of hydrogen-bond donors (Lipinski definition) is 1. The average molecular weight is 334 g/mol. The van der Waals surface area contributed by atoms with Crippen LogP contribution in [0.4, 0.5) is 0 Å². The van der Waals surface area contributed by atoms with Gasteiger partial charge in [0.05, 0.1) is 11.8 Å². The number of carbonyl (C=O) groups is 2. The fraction of sp³-hybridized carbons (Fsp3) is 0.722. The lowest BCUT2D eigenvalue weighted by Gasteiger charge is -2.37. The van der Waals surface area contributed by atoms with Gasteiger partial charge in [0, 0.05) is 37.8 Å². The molecular formula is C18H30N4O2. The molecule has 1 aromatic rings. The van der Waals surface area contributed by atoms with Crippen molar-refractivity contribution in [1.82, 2.24) is 20.0 Å². The van der Waals surface area contributed by atoms with Gasteiger partial charge in [-0.25, -0.2) is 0 Å². The van der Waals surface area contributed by atoms with Crippen LogP contribution >= 0.6 is 0 Å². The summed E-state index contributed by atoms with van der Waals surface area (Å²) in [5.74, 6) is 0.640. The van der Waals surface area contributed by atoms with Gasteiger partial charge in [-0.15, -0.1) is 0 Å². The number of nitrogens with zero attached hydrogens (tertiary/aromatic N) is 3. The smallest absolute Gasteiger partial charge is 0.254 e. The summed E-state index contributed by atoms with van der Waals surface area (Å²) in [7, 11) is 1.79. The van der Waals surface area contributed by atoms with Crippen LogP contribution in [0, 0.1) is 11.3 Å². The Bertz CT molecular complexity index is 584. The Morgan fingerprint density at radius 3 is 2.46 bits per heavy atom. The van der Waals surface area contributed by atoms with Gasteiger partial charge in [0.15, 0.2) is 0 Å². The molecule has 1 fully saturated rings. The maximum absolute atomic E-state index is 12.7. The highest BCUT2D eigenvalue weighted by molar-refractivity contribution is 5.93. The van der Waals surface area contributed by atoms with E-state index in [4.69, 9.17) is 0 Å².